The summed E-state index contributed by atoms with van der Waals surface area (Å²) in [4.78, 5) is 29.1. The number of hydrogen-bond donors (Lipinski definition) is 0. The van der Waals surface area contributed by atoms with Gasteiger partial charge in [-0.3, -0.25) is 9.59 Å². The summed E-state index contributed by atoms with van der Waals surface area (Å²) in [6, 6.07) is 9.81. The number of carbonyl (C=O) groups excluding carboxylic acids is 2. The fourth-order valence-corrected chi connectivity index (χ4v) is 4.14. The van der Waals surface area contributed by atoms with E-state index in [9.17, 15) is 9.59 Å². The molecule has 174 valence electrons. The van der Waals surface area contributed by atoms with E-state index in [1.165, 1.54) is 5.56 Å². The Hall–Kier alpha value is -3.19. The number of carbonyl (C=O) groups is 2. The third-order valence-corrected chi connectivity index (χ3v) is 6.08. The van der Waals surface area contributed by atoms with Crippen molar-refractivity contribution < 1.29 is 23.5 Å². The highest BCUT2D eigenvalue weighted by molar-refractivity contribution is 5.99. The van der Waals surface area contributed by atoms with Crippen LogP contribution in [0.2, 0.25) is 0 Å². The summed E-state index contributed by atoms with van der Waals surface area (Å²) in [5.74, 6) is 0.470. The van der Waals surface area contributed by atoms with Crippen LogP contribution in [0, 0.1) is 20.8 Å². The lowest BCUT2D eigenvalue weighted by Gasteiger charge is -2.14. The number of ether oxygens (including phenoxy) is 2. The van der Waals surface area contributed by atoms with Crippen molar-refractivity contribution in [2.75, 3.05) is 13.2 Å². The SMILES string of the molecule is Cc1ccc(-c2cnc(CCC(=O)OCC(=O)c3cc(C)n(CC4CCCO4)c3C)o2)cc1. The second-order valence-electron chi connectivity index (χ2n) is 8.60. The number of oxazole rings is 1. The van der Waals surface area contributed by atoms with Crippen molar-refractivity contribution in [3.05, 3.63) is 64.9 Å². The van der Waals surface area contributed by atoms with Crippen molar-refractivity contribution in [1.82, 2.24) is 9.55 Å². The van der Waals surface area contributed by atoms with Gasteiger partial charge in [-0.05, 0) is 39.7 Å². The maximum absolute atomic E-state index is 12.7. The van der Waals surface area contributed by atoms with E-state index < -0.39 is 5.97 Å². The summed E-state index contributed by atoms with van der Waals surface area (Å²) in [7, 11) is 0. The highest BCUT2D eigenvalue weighted by atomic mass is 16.5. The van der Waals surface area contributed by atoms with Crippen molar-refractivity contribution in [3.63, 3.8) is 0 Å². The molecule has 0 spiro atoms. The summed E-state index contributed by atoms with van der Waals surface area (Å²) in [5, 5.41) is 0. The Morgan fingerprint density at radius 2 is 1.97 bits per heavy atom. The van der Waals surface area contributed by atoms with Gasteiger partial charge in [0.25, 0.3) is 0 Å². The maximum atomic E-state index is 12.7. The molecule has 1 aliphatic rings. The molecule has 3 aromatic rings. The molecule has 4 rings (SSSR count). The van der Waals surface area contributed by atoms with Gasteiger partial charge in [0.2, 0.25) is 5.78 Å². The van der Waals surface area contributed by atoms with E-state index in [4.69, 9.17) is 13.9 Å². The fourth-order valence-electron chi connectivity index (χ4n) is 4.14. The predicted octanol–water partition coefficient (Wildman–Crippen LogP) is 4.61. The third-order valence-electron chi connectivity index (χ3n) is 6.08. The Morgan fingerprint density at radius 1 is 1.18 bits per heavy atom. The topological polar surface area (TPSA) is 83.6 Å². The number of nitrogens with zero attached hydrogens (tertiary/aromatic N) is 2. The first-order chi connectivity index (χ1) is 15.9. The monoisotopic (exact) mass is 450 g/mol. The van der Waals surface area contributed by atoms with Gasteiger partial charge in [0.15, 0.2) is 18.3 Å². The highest BCUT2D eigenvalue weighted by Gasteiger charge is 2.22. The number of ketones is 1. The molecule has 1 unspecified atom stereocenters. The Kier molecular flexibility index (Phi) is 7.08. The van der Waals surface area contributed by atoms with Gasteiger partial charge in [-0.1, -0.05) is 29.8 Å². The molecule has 0 saturated carbocycles. The predicted molar refractivity (Wildman–Crippen MR) is 123 cm³/mol. The van der Waals surface area contributed by atoms with E-state index in [-0.39, 0.29) is 24.9 Å². The van der Waals surface area contributed by atoms with Crippen LogP contribution in [0.25, 0.3) is 11.3 Å². The number of rotatable bonds is 9. The van der Waals surface area contributed by atoms with Crippen molar-refractivity contribution in [2.24, 2.45) is 0 Å². The van der Waals surface area contributed by atoms with E-state index in [0.717, 1.165) is 42.9 Å². The van der Waals surface area contributed by atoms with Crippen LogP contribution in [0.5, 0.6) is 0 Å². The lowest BCUT2D eigenvalue weighted by molar-refractivity contribution is -0.142. The first-order valence-corrected chi connectivity index (χ1v) is 11.4. The van der Waals surface area contributed by atoms with Crippen LogP contribution in [-0.2, 0) is 27.2 Å². The highest BCUT2D eigenvalue weighted by Crippen LogP contribution is 2.22. The van der Waals surface area contributed by atoms with E-state index in [2.05, 4.69) is 9.55 Å². The molecular formula is C26H30N2O5. The average Bonchev–Trinajstić information content (AvgIpc) is 3.55. The standard InChI is InChI=1S/C26H30N2O5/c1-17-6-8-20(9-7-17)24-14-27-25(33-24)10-11-26(30)32-16-23(29)22-13-18(2)28(19(22)3)15-21-5-4-12-31-21/h6-9,13-14,21H,4-5,10-12,15-16H2,1-3H3. The van der Waals surface area contributed by atoms with Gasteiger partial charge in [0, 0.05) is 42.1 Å². The van der Waals surface area contributed by atoms with Crippen LogP contribution >= 0.6 is 0 Å². The number of esters is 1. The minimum Gasteiger partial charge on any atom is -0.457 e. The van der Waals surface area contributed by atoms with Crippen LogP contribution in [0.15, 0.2) is 40.9 Å². The first-order valence-electron chi connectivity index (χ1n) is 11.4. The minimum absolute atomic E-state index is 0.0964. The molecule has 33 heavy (non-hydrogen) atoms. The van der Waals surface area contributed by atoms with E-state index in [0.29, 0.717) is 23.6 Å². The Morgan fingerprint density at radius 3 is 2.70 bits per heavy atom. The Balaban J connectivity index is 1.27. The maximum Gasteiger partial charge on any atom is 0.306 e. The molecule has 7 heteroatoms. The van der Waals surface area contributed by atoms with Gasteiger partial charge in [0.05, 0.1) is 18.7 Å². The Bertz CT molecular complexity index is 1120. The van der Waals surface area contributed by atoms with E-state index in [1.807, 2.05) is 51.1 Å². The molecule has 2 aromatic heterocycles. The number of aryl methyl sites for hydroxylation is 3. The van der Waals surface area contributed by atoms with Crippen molar-refractivity contribution in [1.29, 1.82) is 0 Å². The lowest BCUT2D eigenvalue weighted by atomic mass is 10.1. The summed E-state index contributed by atoms with van der Waals surface area (Å²) in [6.45, 7) is 7.19. The molecule has 1 fully saturated rings. The second-order valence-corrected chi connectivity index (χ2v) is 8.60. The zero-order valence-electron chi connectivity index (χ0n) is 19.4. The zero-order chi connectivity index (χ0) is 23.4. The van der Waals surface area contributed by atoms with Crippen LogP contribution in [0.3, 0.4) is 0 Å². The van der Waals surface area contributed by atoms with Crippen LogP contribution < -0.4 is 0 Å². The largest absolute Gasteiger partial charge is 0.457 e. The van der Waals surface area contributed by atoms with Crippen molar-refractivity contribution >= 4 is 11.8 Å². The summed E-state index contributed by atoms with van der Waals surface area (Å²) in [6.07, 6.45) is 4.37. The van der Waals surface area contributed by atoms with Crippen molar-refractivity contribution in [3.8, 4) is 11.3 Å². The normalized spacial score (nSPS) is 15.7. The molecule has 1 atom stereocenters. The first kappa shape index (κ1) is 23.0. The second kappa shape index (κ2) is 10.2. The molecule has 1 saturated heterocycles. The number of Topliss-reactive ketones (excluding diaryl/α,β-unsaturated/α-hetero) is 1. The number of aromatic nitrogens is 2. The zero-order valence-corrected chi connectivity index (χ0v) is 19.4. The van der Waals surface area contributed by atoms with Gasteiger partial charge in [-0.25, -0.2) is 4.98 Å². The summed E-state index contributed by atoms with van der Waals surface area (Å²) in [5.41, 5.74) is 4.58. The lowest BCUT2D eigenvalue weighted by Crippen LogP contribution is -2.18. The van der Waals surface area contributed by atoms with Gasteiger partial charge in [0.1, 0.15) is 0 Å². The number of benzene rings is 1. The van der Waals surface area contributed by atoms with Crippen LogP contribution in [0.4, 0.5) is 0 Å². The quantitative estimate of drug-likeness (QED) is 0.350. The third kappa shape index (κ3) is 5.60. The molecular weight excluding hydrogens is 420 g/mol. The van der Waals surface area contributed by atoms with Crippen LogP contribution in [-0.4, -0.2) is 40.6 Å². The van der Waals surface area contributed by atoms with Gasteiger partial charge in [-0.2, -0.15) is 0 Å². The van der Waals surface area contributed by atoms with Gasteiger partial charge >= 0.3 is 5.97 Å². The molecule has 1 aromatic carbocycles. The van der Waals surface area contributed by atoms with E-state index >= 15 is 0 Å². The molecule has 0 aliphatic carbocycles. The summed E-state index contributed by atoms with van der Waals surface area (Å²) < 4.78 is 18.8. The molecule has 0 amide bonds. The summed E-state index contributed by atoms with van der Waals surface area (Å²) >= 11 is 0. The van der Waals surface area contributed by atoms with Gasteiger partial charge in [-0.15, -0.1) is 0 Å². The molecule has 0 bridgehead atoms. The molecule has 0 radical (unpaired) electrons. The average molecular weight is 451 g/mol. The fraction of sp³-hybridized carbons (Fsp3) is 0.423. The van der Waals surface area contributed by atoms with Crippen LogP contribution in [0.1, 0.15) is 52.5 Å². The number of hydrogen-bond acceptors (Lipinski definition) is 6. The van der Waals surface area contributed by atoms with Gasteiger partial charge < -0.3 is 18.5 Å². The van der Waals surface area contributed by atoms with E-state index in [1.54, 1.807) is 6.20 Å². The van der Waals surface area contributed by atoms with Crippen molar-refractivity contribution in [2.45, 2.75) is 59.1 Å². The molecule has 3 heterocycles. The molecule has 7 nitrogen and oxygen atoms in total. The minimum atomic E-state index is -0.452. The molecule has 0 N–H and O–H groups in total. The molecule has 1 aliphatic heterocycles. The smallest absolute Gasteiger partial charge is 0.306 e. The Labute approximate surface area is 193 Å².